The normalized spacial score (nSPS) is 12.8. The van der Waals surface area contributed by atoms with E-state index in [1.54, 1.807) is 0 Å². The highest BCUT2D eigenvalue weighted by Gasteiger charge is 2.38. The lowest BCUT2D eigenvalue weighted by Crippen LogP contribution is -2.33. The van der Waals surface area contributed by atoms with E-state index in [2.05, 4.69) is 132 Å². The topological polar surface area (TPSA) is 9.23 Å². The fraction of sp³-hybridized carbons (Fsp3) is 0.400. The Balaban J connectivity index is 2.31. The van der Waals surface area contributed by atoms with E-state index in [1.165, 1.54) is 22.3 Å². The molecule has 0 N–H and O–H groups in total. The Bertz CT molecular complexity index is 1020. The summed E-state index contributed by atoms with van der Waals surface area (Å²) in [6, 6.07) is 22.4. The minimum Gasteiger partial charge on any atom is -0.364 e. The molecule has 0 spiro atoms. The molecule has 0 unspecified atom stereocenters. The van der Waals surface area contributed by atoms with Gasteiger partial charge in [-0.05, 0) is 69.7 Å². The Morgan fingerprint density at radius 3 is 1.31 bits per heavy atom. The summed E-state index contributed by atoms with van der Waals surface area (Å²) in [5, 5.41) is 0. The zero-order chi connectivity index (χ0) is 23.9. The number of rotatable bonds is 4. The number of hydrogen-bond donors (Lipinski definition) is 0. The van der Waals surface area contributed by atoms with Gasteiger partial charge < -0.3 is 4.74 Å². The van der Waals surface area contributed by atoms with Crippen LogP contribution in [-0.4, -0.2) is 7.11 Å². The Kier molecular flexibility index (Phi) is 6.80. The number of hydrogen-bond acceptors (Lipinski definition) is 1. The van der Waals surface area contributed by atoms with Crippen molar-refractivity contribution in [3.63, 3.8) is 0 Å². The van der Waals surface area contributed by atoms with Crippen LogP contribution in [0.15, 0.2) is 65.1 Å². The fourth-order valence-electron chi connectivity index (χ4n) is 4.44. The maximum atomic E-state index is 6.50. The van der Waals surface area contributed by atoms with Crippen LogP contribution in [0.25, 0.3) is 0 Å². The van der Waals surface area contributed by atoms with E-state index in [-0.39, 0.29) is 10.8 Å². The molecule has 0 aliphatic rings. The van der Waals surface area contributed by atoms with Gasteiger partial charge in [0.25, 0.3) is 0 Å². The van der Waals surface area contributed by atoms with E-state index < -0.39 is 5.60 Å². The molecule has 0 atom stereocenters. The van der Waals surface area contributed by atoms with E-state index in [1.807, 2.05) is 7.11 Å². The molecule has 1 nitrogen and oxygen atoms in total. The van der Waals surface area contributed by atoms with E-state index in [4.69, 9.17) is 4.74 Å². The molecule has 32 heavy (non-hydrogen) atoms. The first-order valence-corrected chi connectivity index (χ1v) is 12.1. The van der Waals surface area contributed by atoms with Crippen LogP contribution in [0.3, 0.4) is 0 Å². The number of halogens is 1. The van der Waals surface area contributed by atoms with E-state index >= 15 is 0 Å². The van der Waals surface area contributed by atoms with Crippen LogP contribution in [0.1, 0.15) is 80.5 Å². The molecule has 0 aliphatic carbocycles. The summed E-state index contributed by atoms with van der Waals surface area (Å²) < 4.78 is 7.60. The second kappa shape index (κ2) is 8.80. The van der Waals surface area contributed by atoms with Gasteiger partial charge in [-0.3, -0.25) is 0 Å². The largest absolute Gasteiger partial charge is 0.364 e. The number of ether oxygens (including phenoxy) is 1. The van der Waals surface area contributed by atoms with Gasteiger partial charge >= 0.3 is 0 Å². The van der Waals surface area contributed by atoms with E-state index in [0.29, 0.717) is 0 Å². The van der Waals surface area contributed by atoms with Gasteiger partial charge in [0.15, 0.2) is 0 Å². The summed E-state index contributed by atoms with van der Waals surface area (Å²) in [4.78, 5) is 0. The SMILES string of the molecule is COC(c1ccc(C(C)(C)C)cc1)(c1ccc(C(C)(C)C)cc1)c1cc(Br)c(C)cc1C. The van der Waals surface area contributed by atoms with Crippen LogP contribution in [0.5, 0.6) is 0 Å². The van der Waals surface area contributed by atoms with Crippen LogP contribution in [0.4, 0.5) is 0 Å². The van der Waals surface area contributed by atoms with Gasteiger partial charge in [0, 0.05) is 11.6 Å². The van der Waals surface area contributed by atoms with Gasteiger partial charge in [-0.2, -0.15) is 0 Å². The van der Waals surface area contributed by atoms with Gasteiger partial charge in [0.1, 0.15) is 5.60 Å². The lowest BCUT2D eigenvalue weighted by atomic mass is 9.76. The predicted octanol–water partition coefficient (Wildman–Crippen LogP) is 8.60. The van der Waals surface area contributed by atoms with Crippen LogP contribution < -0.4 is 0 Å². The molecule has 3 aromatic rings. The van der Waals surface area contributed by atoms with Crippen molar-refractivity contribution in [2.24, 2.45) is 0 Å². The Morgan fingerprint density at radius 2 is 0.969 bits per heavy atom. The third kappa shape index (κ3) is 4.58. The monoisotopic (exact) mass is 492 g/mol. The first-order valence-electron chi connectivity index (χ1n) is 11.3. The summed E-state index contributed by atoms with van der Waals surface area (Å²) in [6.45, 7) is 17.8. The second-order valence-corrected chi connectivity index (χ2v) is 11.8. The molecular weight excluding hydrogens is 456 g/mol. The Labute approximate surface area is 203 Å². The summed E-state index contributed by atoms with van der Waals surface area (Å²) in [7, 11) is 1.82. The lowest BCUT2D eigenvalue weighted by molar-refractivity contribution is 0.0578. The number of methoxy groups -OCH3 is 1. The van der Waals surface area contributed by atoms with Gasteiger partial charge in [0.2, 0.25) is 0 Å². The van der Waals surface area contributed by atoms with Gasteiger partial charge in [-0.25, -0.2) is 0 Å². The van der Waals surface area contributed by atoms with Crippen molar-refractivity contribution in [3.8, 4) is 0 Å². The predicted molar refractivity (Wildman–Crippen MR) is 141 cm³/mol. The van der Waals surface area contributed by atoms with Gasteiger partial charge in [0.05, 0.1) is 0 Å². The van der Waals surface area contributed by atoms with Crippen molar-refractivity contribution in [1.82, 2.24) is 0 Å². The smallest absolute Gasteiger partial charge is 0.143 e. The van der Waals surface area contributed by atoms with E-state index in [0.717, 1.165) is 21.2 Å². The molecule has 170 valence electrons. The van der Waals surface area contributed by atoms with Crippen molar-refractivity contribution in [2.45, 2.75) is 71.8 Å². The summed E-state index contributed by atoms with van der Waals surface area (Å²) in [5.41, 5.74) is 8.00. The zero-order valence-electron chi connectivity index (χ0n) is 21.1. The lowest BCUT2D eigenvalue weighted by Gasteiger charge is -2.37. The van der Waals surface area contributed by atoms with Crippen molar-refractivity contribution in [1.29, 1.82) is 0 Å². The van der Waals surface area contributed by atoms with Crippen molar-refractivity contribution < 1.29 is 4.74 Å². The average molecular weight is 494 g/mol. The molecule has 0 aliphatic heterocycles. The molecule has 0 saturated carbocycles. The fourth-order valence-corrected chi connectivity index (χ4v) is 4.78. The molecule has 0 fully saturated rings. The standard InChI is InChI=1S/C30H37BrO/c1-20-18-21(2)27(31)19-26(20)30(32-9,24-14-10-22(11-15-24)28(3,4)5)25-16-12-23(13-17-25)29(6,7)8/h10-19H,1-9H3. The third-order valence-corrected chi connectivity index (χ3v) is 7.36. The second-order valence-electron chi connectivity index (χ2n) is 11.0. The van der Waals surface area contributed by atoms with Crippen LogP contribution >= 0.6 is 15.9 Å². The van der Waals surface area contributed by atoms with Crippen LogP contribution in [0.2, 0.25) is 0 Å². The molecule has 0 bridgehead atoms. The highest BCUT2D eigenvalue weighted by Crippen LogP contribution is 2.44. The molecule has 0 radical (unpaired) electrons. The zero-order valence-corrected chi connectivity index (χ0v) is 22.6. The van der Waals surface area contributed by atoms with Crippen LogP contribution in [-0.2, 0) is 21.2 Å². The minimum absolute atomic E-state index is 0.103. The van der Waals surface area contributed by atoms with Crippen molar-refractivity contribution >= 4 is 15.9 Å². The molecule has 0 amide bonds. The van der Waals surface area contributed by atoms with Crippen molar-refractivity contribution in [2.75, 3.05) is 7.11 Å². The molecule has 2 heteroatoms. The molecule has 3 rings (SSSR count). The Morgan fingerprint density at radius 1 is 0.594 bits per heavy atom. The quantitative estimate of drug-likeness (QED) is 0.331. The molecule has 0 aromatic heterocycles. The summed E-state index contributed by atoms with van der Waals surface area (Å²) in [6.07, 6.45) is 0. The Hall–Kier alpha value is -1.90. The van der Waals surface area contributed by atoms with Crippen LogP contribution in [0, 0.1) is 13.8 Å². The average Bonchev–Trinajstić information content (AvgIpc) is 2.72. The minimum atomic E-state index is -0.701. The van der Waals surface area contributed by atoms with E-state index in [9.17, 15) is 0 Å². The highest BCUT2D eigenvalue weighted by molar-refractivity contribution is 9.10. The van der Waals surface area contributed by atoms with Crippen molar-refractivity contribution in [3.05, 3.63) is 104 Å². The molecule has 0 heterocycles. The molecule has 3 aromatic carbocycles. The maximum Gasteiger partial charge on any atom is 0.143 e. The third-order valence-electron chi connectivity index (χ3n) is 6.51. The highest BCUT2D eigenvalue weighted by atomic mass is 79.9. The molecule has 0 saturated heterocycles. The number of benzene rings is 3. The van der Waals surface area contributed by atoms with Gasteiger partial charge in [-0.15, -0.1) is 0 Å². The first-order chi connectivity index (χ1) is 14.8. The summed E-state index contributed by atoms with van der Waals surface area (Å²) >= 11 is 3.77. The maximum absolute atomic E-state index is 6.50. The summed E-state index contributed by atoms with van der Waals surface area (Å²) in [5.74, 6) is 0. The van der Waals surface area contributed by atoms with Gasteiger partial charge in [-0.1, -0.05) is 112 Å². The number of aryl methyl sites for hydroxylation is 2. The molecular formula is C30H37BrO. The first kappa shape index (κ1) is 24.7.